The van der Waals surface area contributed by atoms with Gasteiger partial charge in [-0.3, -0.25) is 9.59 Å². The monoisotopic (exact) mass is 324 g/mol. The first-order valence-corrected chi connectivity index (χ1v) is 9.03. The first-order chi connectivity index (χ1) is 10.8. The summed E-state index contributed by atoms with van der Waals surface area (Å²) in [5.74, 6) is 0.269. The normalized spacial score (nSPS) is 24.0. The fourth-order valence-corrected chi connectivity index (χ4v) is 3.72. The molecule has 1 aliphatic carbocycles. The van der Waals surface area contributed by atoms with Crippen LogP contribution in [0.25, 0.3) is 0 Å². The number of nitrogens with zero attached hydrogens (tertiary/aromatic N) is 1. The van der Waals surface area contributed by atoms with Crippen molar-refractivity contribution in [2.24, 2.45) is 11.3 Å². The van der Waals surface area contributed by atoms with E-state index in [-0.39, 0.29) is 23.3 Å². The number of hydrogen-bond donors (Lipinski definition) is 2. The van der Waals surface area contributed by atoms with E-state index in [2.05, 4.69) is 5.32 Å². The third-order valence-electron chi connectivity index (χ3n) is 4.99. The molecule has 2 amide bonds. The van der Waals surface area contributed by atoms with Gasteiger partial charge in [-0.1, -0.05) is 33.6 Å². The third kappa shape index (κ3) is 5.20. The average molecular weight is 324 g/mol. The second kappa shape index (κ2) is 7.65. The van der Waals surface area contributed by atoms with Crippen molar-refractivity contribution in [1.29, 1.82) is 0 Å². The lowest BCUT2D eigenvalue weighted by Gasteiger charge is -2.28. The lowest BCUT2D eigenvalue weighted by atomic mass is 9.91. The number of carbonyl (C=O) groups is 2. The Morgan fingerprint density at radius 1 is 1.17 bits per heavy atom. The Hall–Kier alpha value is -1.10. The molecule has 0 radical (unpaired) electrons. The first-order valence-electron chi connectivity index (χ1n) is 9.03. The third-order valence-corrected chi connectivity index (χ3v) is 4.99. The molecule has 2 rings (SSSR count). The van der Waals surface area contributed by atoms with Gasteiger partial charge in [0, 0.05) is 19.5 Å². The maximum atomic E-state index is 12.4. The summed E-state index contributed by atoms with van der Waals surface area (Å²) < 4.78 is 0. The second-order valence-electron chi connectivity index (χ2n) is 8.34. The van der Waals surface area contributed by atoms with Gasteiger partial charge >= 0.3 is 0 Å². The quantitative estimate of drug-likeness (QED) is 0.813. The molecule has 0 bridgehead atoms. The van der Waals surface area contributed by atoms with E-state index < -0.39 is 6.10 Å². The molecule has 1 heterocycles. The van der Waals surface area contributed by atoms with Crippen molar-refractivity contribution in [2.45, 2.75) is 77.9 Å². The highest BCUT2D eigenvalue weighted by molar-refractivity contribution is 5.88. The zero-order chi connectivity index (χ0) is 17.0. The van der Waals surface area contributed by atoms with Gasteiger partial charge in [-0.25, -0.2) is 0 Å². The number of likely N-dealkylation sites (tertiary alicyclic amines) is 1. The van der Waals surface area contributed by atoms with E-state index in [4.69, 9.17) is 0 Å². The largest absolute Gasteiger partial charge is 0.391 e. The Bertz CT molecular complexity index is 424. The van der Waals surface area contributed by atoms with Crippen LogP contribution < -0.4 is 5.32 Å². The predicted octanol–water partition coefficient (Wildman–Crippen LogP) is 2.08. The molecule has 2 atom stereocenters. The van der Waals surface area contributed by atoms with Gasteiger partial charge in [0.15, 0.2) is 0 Å². The summed E-state index contributed by atoms with van der Waals surface area (Å²) in [6.07, 6.45) is 6.05. The van der Waals surface area contributed by atoms with Crippen molar-refractivity contribution < 1.29 is 14.7 Å². The molecular weight excluding hydrogens is 292 g/mol. The molecule has 2 unspecified atom stereocenters. The topological polar surface area (TPSA) is 69.6 Å². The summed E-state index contributed by atoms with van der Waals surface area (Å²) >= 11 is 0. The van der Waals surface area contributed by atoms with Crippen molar-refractivity contribution >= 4 is 11.8 Å². The van der Waals surface area contributed by atoms with E-state index >= 15 is 0 Å². The molecule has 1 saturated heterocycles. The van der Waals surface area contributed by atoms with Gasteiger partial charge in [0.05, 0.1) is 6.10 Å². The fraction of sp³-hybridized carbons (Fsp3) is 0.889. The maximum absolute atomic E-state index is 12.4. The van der Waals surface area contributed by atoms with Gasteiger partial charge in [-0.2, -0.15) is 0 Å². The van der Waals surface area contributed by atoms with Crippen molar-refractivity contribution in [3.63, 3.8) is 0 Å². The van der Waals surface area contributed by atoms with Crippen molar-refractivity contribution in [3.05, 3.63) is 0 Å². The van der Waals surface area contributed by atoms with E-state index in [0.717, 1.165) is 25.7 Å². The van der Waals surface area contributed by atoms with Crippen LogP contribution in [0.2, 0.25) is 0 Å². The summed E-state index contributed by atoms with van der Waals surface area (Å²) in [5.41, 5.74) is -0.0701. The highest BCUT2D eigenvalue weighted by Gasteiger charge is 2.35. The number of carbonyl (C=O) groups excluding carboxylic acids is 2. The Morgan fingerprint density at radius 2 is 1.83 bits per heavy atom. The van der Waals surface area contributed by atoms with Gasteiger partial charge in [0.25, 0.3) is 0 Å². The van der Waals surface area contributed by atoms with Crippen LogP contribution in [0.1, 0.15) is 65.7 Å². The molecule has 5 nitrogen and oxygen atoms in total. The zero-order valence-electron chi connectivity index (χ0n) is 14.8. The minimum absolute atomic E-state index is 0.0616. The molecule has 0 aromatic heterocycles. The standard InChI is InChI=1S/C18H32N2O3/c1-18(2,3)11-16(22)20-10-6-9-14(20)17(23)19-12-15(21)13-7-4-5-8-13/h13-15,21H,4-12H2,1-3H3,(H,19,23). The number of hydrogen-bond acceptors (Lipinski definition) is 3. The Balaban J connectivity index is 1.83. The molecule has 5 heteroatoms. The maximum Gasteiger partial charge on any atom is 0.242 e. The van der Waals surface area contributed by atoms with E-state index in [1.165, 1.54) is 12.8 Å². The molecule has 0 aromatic carbocycles. The van der Waals surface area contributed by atoms with Crippen LogP contribution in [-0.4, -0.2) is 47.1 Å². The zero-order valence-corrected chi connectivity index (χ0v) is 14.8. The highest BCUT2D eigenvalue weighted by Crippen LogP contribution is 2.28. The highest BCUT2D eigenvalue weighted by atomic mass is 16.3. The van der Waals surface area contributed by atoms with Gasteiger partial charge < -0.3 is 15.3 Å². The van der Waals surface area contributed by atoms with Crippen LogP contribution in [0.15, 0.2) is 0 Å². The molecular formula is C18H32N2O3. The predicted molar refractivity (Wildman–Crippen MR) is 89.8 cm³/mol. The summed E-state index contributed by atoms with van der Waals surface area (Å²) in [7, 11) is 0. The van der Waals surface area contributed by atoms with Gasteiger partial charge in [0.2, 0.25) is 11.8 Å². The summed E-state index contributed by atoms with van der Waals surface area (Å²) in [6.45, 7) is 7.08. The Morgan fingerprint density at radius 3 is 2.43 bits per heavy atom. The SMILES string of the molecule is CC(C)(C)CC(=O)N1CCCC1C(=O)NCC(O)C1CCCC1. The number of aliphatic hydroxyl groups excluding tert-OH is 1. The summed E-state index contributed by atoms with van der Waals surface area (Å²) in [4.78, 5) is 26.6. The van der Waals surface area contributed by atoms with Crippen LogP contribution in [-0.2, 0) is 9.59 Å². The molecule has 0 spiro atoms. The molecule has 1 aliphatic heterocycles. The minimum Gasteiger partial charge on any atom is -0.391 e. The molecule has 2 fully saturated rings. The average Bonchev–Trinajstić information content (AvgIpc) is 3.12. The molecule has 23 heavy (non-hydrogen) atoms. The van der Waals surface area contributed by atoms with Crippen LogP contribution in [0.3, 0.4) is 0 Å². The fourth-order valence-electron chi connectivity index (χ4n) is 3.72. The van der Waals surface area contributed by atoms with Gasteiger partial charge in [-0.05, 0) is 37.0 Å². The van der Waals surface area contributed by atoms with Crippen LogP contribution >= 0.6 is 0 Å². The van der Waals surface area contributed by atoms with E-state index in [1.807, 2.05) is 20.8 Å². The van der Waals surface area contributed by atoms with E-state index in [1.54, 1.807) is 4.90 Å². The second-order valence-corrected chi connectivity index (χ2v) is 8.34. The number of amides is 2. The Kier molecular flexibility index (Phi) is 6.06. The molecule has 0 aromatic rings. The molecule has 1 saturated carbocycles. The molecule has 132 valence electrons. The lowest BCUT2D eigenvalue weighted by molar-refractivity contribution is -0.140. The summed E-state index contributed by atoms with van der Waals surface area (Å²) in [6, 6.07) is -0.361. The van der Waals surface area contributed by atoms with Crippen LogP contribution in [0.5, 0.6) is 0 Å². The first kappa shape index (κ1) is 18.2. The number of nitrogens with one attached hydrogen (secondary N) is 1. The van der Waals surface area contributed by atoms with Crippen LogP contribution in [0.4, 0.5) is 0 Å². The number of rotatable bonds is 5. The minimum atomic E-state index is -0.457. The van der Waals surface area contributed by atoms with Gasteiger partial charge in [0.1, 0.15) is 6.04 Å². The van der Waals surface area contributed by atoms with Crippen molar-refractivity contribution in [2.75, 3.05) is 13.1 Å². The van der Waals surface area contributed by atoms with E-state index in [9.17, 15) is 14.7 Å². The van der Waals surface area contributed by atoms with Gasteiger partial charge in [-0.15, -0.1) is 0 Å². The smallest absolute Gasteiger partial charge is 0.242 e. The van der Waals surface area contributed by atoms with E-state index in [0.29, 0.717) is 25.4 Å². The van der Waals surface area contributed by atoms with Crippen LogP contribution in [0, 0.1) is 11.3 Å². The lowest BCUT2D eigenvalue weighted by Crippen LogP contribution is -2.48. The van der Waals surface area contributed by atoms with Crippen molar-refractivity contribution in [3.8, 4) is 0 Å². The summed E-state index contributed by atoms with van der Waals surface area (Å²) in [5, 5.41) is 13.0. The Labute approximate surface area is 139 Å². The van der Waals surface area contributed by atoms with Crippen molar-refractivity contribution in [1.82, 2.24) is 10.2 Å². The molecule has 2 aliphatic rings. The number of aliphatic hydroxyl groups is 1. The molecule has 2 N–H and O–H groups in total.